The molecule has 0 aliphatic carbocycles. The molecular weight excluding hydrogens is 463 g/mol. The van der Waals surface area contributed by atoms with Gasteiger partial charge in [0, 0.05) is 7.05 Å². The van der Waals surface area contributed by atoms with Crippen molar-refractivity contribution >= 4 is 11.6 Å². The molecule has 3 aromatic rings. The van der Waals surface area contributed by atoms with Gasteiger partial charge >= 0.3 is 11.9 Å². The Bertz CT molecular complexity index is 1190. The van der Waals surface area contributed by atoms with E-state index < -0.39 is 45.6 Å². The summed E-state index contributed by atoms with van der Waals surface area (Å²) in [6, 6.07) is 5.54. The fraction of sp³-hybridized carbons (Fsp3) is 0.200. The van der Waals surface area contributed by atoms with Crippen LogP contribution in [0, 0.1) is 11.6 Å². The monoisotopic (exact) mass is 476 g/mol. The zero-order chi connectivity index (χ0) is 23.6. The Morgan fingerprint density at radius 1 is 1.09 bits per heavy atom. The minimum absolute atomic E-state index is 0.0147. The zero-order valence-corrected chi connectivity index (χ0v) is 17.2. The second-order valence-electron chi connectivity index (χ2n) is 6.40. The van der Waals surface area contributed by atoms with Crippen LogP contribution in [-0.4, -0.2) is 16.7 Å². The van der Waals surface area contributed by atoms with Crippen molar-refractivity contribution in [2.45, 2.75) is 12.8 Å². The minimum atomic E-state index is -4.77. The van der Waals surface area contributed by atoms with Crippen LogP contribution in [0.4, 0.5) is 22.0 Å². The van der Waals surface area contributed by atoms with Crippen molar-refractivity contribution in [2.75, 3.05) is 7.11 Å². The van der Waals surface area contributed by atoms with Gasteiger partial charge in [0.05, 0.1) is 23.8 Å². The predicted molar refractivity (Wildman–Crippen MR) is 103 cm³/mol. The van der Waals surface area contributed by atoms with E-state index >= 15 is 0 Å². The first kappa shape index (κ1) is 23.3. The standard InChI is InChI=1S/C20H14ClF5N2O4/c1-28-17(30-2)8-16(27-19(28)29)31-9-10-5-14(22)18(15(23)6-10)32-11-3-4-13(21)12(7-11)20(24,25)26/h3-8H,9H2,1-2H3. The fourth-order valence-corrected chi connectivity index (χ4v) is 2.85. The third kappa shape index (κ3) is 5.10. The van der Waals surface area contributed by atoms with E-state index in [1.165, 1.54) is 20.2 Å². The van der Waals surface area contributed by atoms with Crippen molar-refractivity contribution in [3.63, 3.8) is 0 Å². The summed E-state index contributed by atoms with van der Waals surface area (Å²) in [4.78, 5) is 15.4. The van der Waals surface area contributed by atoms with Gasteiger partial charge in [0.1, 0.15) is 12.4 Å². The maximum absolute atomic E-state index is 14.4. The molecule has 0 unspecified atom stereocenters. The first-order valence-corrected chi connectivity index (χ1v) is 9.14. The maximum atomic E-state index is 14.4. The molecule has 0 atom stereocenters. The lowest BCUT2D eigenvalue weighted by Gasteiger charge is -2.13. The summed E-state index contributed by atoms with van der Waals surface area (Å²) in [5.74, 6) is -3.70. The van der Waals surface area contributed by atoms with Crippen molar-refractivity contribution in [2.24, 2.45) is 7.05 Å². The van der Waals surface area contributed by atoms with Crippen molar-refractivity contribution in [3.05, 3.63) is 74.7 Å². The van der Waals surface area contributed by atoms with Crippen LogP contribution in [0.1, 0.15) is 11.1 Å². The van der Waals surface area contributed by atoms with Gasteiger partial charge < -0.3 is 14.2 Å². The van der Waals surface area contributed by atoms with E-state index in [9.17, 15) is 26.7 Å². The molecule has 0 spiro atoms. The second kappa shape index (κ2) is 9.03. The summed E-state index contributed by atoms with van der Waals surface area (Å²) >= 11 is 5.52. The molecule has 3 rings (SSSR count). The number of alkyl halides is 3. The third-order valence-electron chi connectivity index (χ3n) is 4.19. The molecule has 0 amide bonds. The van der Waals surface area contributed by atoms with E-state index in [4.69, 9.17) is 25.8 Å². The highest BCUT2D eigenvalue weighted by Crippen LogP contribution is 2.38. The molecule has 32 heavy (non-hydrogen) atoms. The van der Waals surface area contributed by atoms with Crippen LogP contribution >= 0.6 is 11.6 Å². The number of aromatic nitrogens is 2. The maximum Gasteiger partial charge on any atom is 0.417 e. The number of hydrogen-bond donors (Lipinski definition) is 0. The van der Waals surface area contributed by atoms with Gasteiger partial charge in [-0.1, -0.05) is 11.6 Å². The van der Waals surface area contributed by atoms with Crippen LogP contribution in [0.25, 0.3) is 0 Å². The summed E-state index contributed by atoms with van der Waals surface area (Å²) in [6.45, 7) is -0.364. The molecule has 170 valence electrons. The lowest BCUT2D eigenvalue weighted by molar-refractivity contribution is -0.137. The summed E-state index contributed by atoms with van der Waals surface area (Å²) in [5.41, 5.74) is -1.86. The topological polar surface area (TPSA) is 62.6 Å². The van der Waals surface area contributed by atoms with Gasteiger partial charge in [-0.25, -0.2) is 13.6 Å². The van der Waals surface area contributed by atoms with Crippen LogP contribution in [-0.2, 0) is 19.8 Å². The highest BCUT2D eigenvalue weighted by Gasteiger charge is 2.33. The van der Waals surface area contributed by atoms with Gasteiger partial charge in [-0.05, 0) is 35.9 Å². The van der Waals surface area contributed by atoms with Gasteiger partial charge in [0.25, 0.3) is 0 Å². The Morgan fingerprint density at radius 3 is 2.34 bits per heavy atom. The molecule has 1 heterocycles. The Balaban J connectivity index is 1.80. The first-order chi connectivity index (χ1) is 15.0. The summed E-state index contributed by atoms with van der Waals surface area (Å²) < 4.78 is 84.1. The van der Waals surface area contributed by atoms with Crippen molar-refractivity contribution in [3.8, 4) is 23.3 Å². The number of rotatable bonds is 6. The van der Waals surface area contributed by atoms with Crippen molar-refractivity contribution in [1.29, 1.82) is 0 Å². The molecule has 0 saturated heterocycles. The highest BCUT2D eigenvalue weighted by molar-refractivity contribution is 6.31. The molecule has 0 aliphatic rings. The molecule has 0 N–H and O–H groups in total. The average molecular weight is 477 g/mol. The van der Waals surface area contributed by atoms with Crippen LogP contribution < -0.4 is 19.9 Å². The minimum Gasteiger partial charge on any atom is -0.482 e. The van der Waals surface area contributed by atoms with Crippen molar-refractivity contribution in [1.82, 2.24) is 9.55 Å². The number of ether oxygens (including phenoxy) is 3. The molecule has 0 saturated carbocycles. The Kier molecular flexibility index (Phi) is 6.58. The van der Waals surface area contributed by atoms with E-state index in [1.807, 2.05) is 0 Å². The summed E-state index contributed by atoms with van der Waals surface area (Å²) in [6.07, 6.45) is -4.77. The van der Waals surface area contributed by atoms with E-state index in [2.05, 4.69) is 4.98 Å². The summed E-state index contributed by atoms with van der Waals surface area (Å²) in [5, 5.41) is -0.584. The molecule has 6 nitrogen and oxygen atoms in total. The molecule has 0 bridgehead atoms. The Labute approximate surface area is 182 Å². The van der Waals surface area contributed by atoms with Gasteiger partial charge in [-0.3, -0.25) is 4.57 Å². The first-order valence-electron chi connectivity index (χ1n) is 8.77. The molecule has 12 heteroatoms. The second-order valence-corrected chi connectivity index (χ2v) is 6.80. The van der Waals surface area contributed by atoms with Crippen LogP contribution in [0.2, 0.25) is 5.02 Å². The molecule has 0 radical (unpaired) electrons. The number of nitrogens with zero attached hydrogens (tertiary/aromatic N) is 2. The lowest BCUT2D eigenvalue weighted by Crippen LogP contribution is -2.21. The van der Waals surface area contributed by atoms with Gasteiger partial charge in [-0.2, -0.15) is 18.2 Å². The van der Waals surface area contributed by atoms with Crippen LogP contribution in [0.15, 0.2) is 41.2 Å². The highest BCUT2D eigenvalue weighted by atomic mass is 35.5. The van der Waals surface area contributed by atoms with Gasteiger partial charge in [0.15, 0.2) is 17.4 Å². The van der Waals surface area contributed by atoms with Gasteiger partial charge in [-0.15, -0.1) is 0 Å². The zero-order valence-electron chi connectivity index (χ0n) is 16.5. The quantitative estimate of drug-likeness (QED) is 0.463. The van der Waals surface area contributed by atoms with E-state index in [0.29, 0.717) is 6.07 Å². The SMILES string of the molecule is COc1cc(OCc2cc(F)c(Oc3ccc(Cl)c(C(F)(F)F)c3)c(F)c2)nc(=O)n1C. The Hall–Kier alpha value is -3.34. The van der Waals surface area contributed by atoms with E-state index in [1.54, 1.807) is 0 Å². The van der Waals surface area contributed by atoms with Gasteiger partial charge in [0.2, 0.25) is 11.8 Å². The van der Waals surface area contributed by atoms with Crippen LogP contribution in [0.3, 0.4) is 0 Å². The normalized spacial score (nSPS) is 11.4. The molecule has 1 aromatic heterocycles. The molecular formula is C20H14ClF5N2O4. The van der Waals surface area contributed by atoms with E-state index in [-0.39, 0.29) is 23.9 Å². The molecule has 0 aliphatic heterocycles. The Morgan fingerprint density at radius 2 is 1.75 bits per heavy atom. The average Bonchev–Trinajstić information content (AvgIpc) is 2.71. The van der Waals surface area contributed by atoms with E-state index in [0.717, 1.165) is 28.8 Å². The smallest absolute Gasteiger partial charge is 0.417 e. The molecule has 0 fully saturated rings. The largest absolute Gasteiger partial charge is 0.482 e. The summed E-state index contributed by atoms with van der Waals surface area (Å²) in [7, 11) is 2.76. The number of hydrogen-bond acceptors (Lipinski definition) is 5. The van der Waals surface area contributed by atoms with Crippen molar-refractivity contribution < 1.29 is 36.2 Å². The number of methoxy groups -OCH3 is 1. The third-order valence-corrected chi connectivity index (χ3v) is 4.52. The number of benzene rings is 2. The lowest BCUT2D eigenvalue weighted by atomic mass is 10.2. The number of halogens is 6. The van der Waals surface area contributed by atoms with Crippen LogP contribution in [0.5, 0.6) is 23.3 Å². The predicted octanol–water partition coefficient (Wildman–Crippen LogP) is 5.11. The molecule has 2 aromatic carbocycles. The fourth-order valence-electron chi connectivity index (χ4n) is 2.62.